The highest BCUT2D eigenvalue weighted by Gasteiger charge is 2.27. The molecule has 2 unspecified atom stereocenters. The molecule has 0 aromatic heterocycles. The Labute approximate surface area is 143 Å². The van der Waals surface area contributed by atoms with Crippen molar-refractivity contribution < 1.29 is 19.0 Å². The first-order valence-electron chi connectivity index (χ1n) is 8.43. The van der Waals surface area contributed by atoms with Gasteiger partial charge in [-0.05, 0) is 38.5 Å². The van der Waals surface area contributed by atoms with Crippen LogP contribution >= 0.6 is 0 Å². The lowest BCUT2D eigenvalue weighted by atomic mass is 10.1. The first-order valence-corrected chi connectivity index (χ1v) is 8.43. The van der Waals surface area contributed by atoms with Crippen LogP contribution in [-0.4, -0.2) is 65.7 Å². The number of morpholine rings is 1. The van der Waals surface area contributed by atoms with Crippen molar-refractivity contribution in [3.63, 3.8) is 0 Å². The minimum Gasteiger partial charge on any atom is -0.392 e. The third kappa shape index (κ3) is 5.26. The van der Waals surface area contributed by atoms with Gasteiger partial charge >= 0.3 is 0 Å². The third-order valence-electron chi connectivity index (χ3n) is 4.23. The molecule has 1 aromatic rings. The van der Waals surface area contributed by atoms with Gasteiger partial charge in [-0.15, -0.1) is 0 Å². The zero-order valence-electron chi connectivity index (χ0n) is 14.6. The molecular weight excluding hydrogens is 311 g/mol. The van der Waals surface area contributed by atoms with E-state index < -0.39 is 6.10 Å². The molecule has 1 saturated heterocycles. The largest absolute Gasteiger partial charge is 0.392 e. The van der Waals surface area contributed by atoms with E-state index in [9.17, 15) is 14.3 Å². The second kappa shape index (κ2) is 8.55. The van der Waals surface area contributed by atoms with E-state index in [1.165, 1.54) is 12.1 Å². The van der Waals surface area contributed by atoms with Crippen LogP contribution in [0.4, 0.5) is 4.39 Å². The SMILES string of the molecule is CC(O)CN(CC(=O)N1CCOC(c2ccc(F)cc2)C1)C(C)C. The number of nitrogens with zero attached hydrogens (tertiary/aromatic N) is 2. The van der Waals surface area contributed by atoms with E-state index in [1.807, 2.05) is 18.7 Å². The smallest absolute Gasteiger partial charge is 0.236 e. The molecule has 134 valence electrons. The molecule has 0 radical (unpaired) electrons. The van der Waals surface area contributed by atoms with E-state index in [-0.39, 0.29) is 30.4 Å². The van der Waals surface area contributed by atoms with E-state index in [4.69, 9.17) is 4.74 Å². The molecule has 0 bridgehead atoms. The van der Waals surface area contributed by atoms with Gasteiger partial charge in [0, 0.05) is 19.1 Å². The standard InChI is InChI=1S/C18H27FN2O3/c1-13(2)21(10-14(3)22)12-18(23)20-8-9-24-17(11-20)15-4-6-16(19)7-5-15/h4-7,13-14,17,22H,8-12H2,1-3H3. The molecule has 1 aliphatic rings. The summed E-state index contributed by atoms with van der Waals surface area (Å²) in [6, 6.07) is 6.38. The summed E-state index contributed by atoms with van der Waals surface area (Å²) in [4.78, 5) is 16.4. The fraction of sp³-hybridized carbons (Fsp3) is 0.611. The lowest BCUT2D eigenvalue weighted by Crippen LogP contribution is -2.49. The predicted octanol–water partition coefficient (Wildman–Crippen LogP) is 1.82. The van der Waals surface area contributed by atoms with Crippen LogP contribution in [0.1, 0.15) is 32.4 Å². The molecule has 6 heteroatoms. The number of carbonyl (C=O) groups excluding carboxylic acids is 1. The zero-order chi connectivity index (χ0) is 17.7. The van der Waals surface area contributed by atoms with E-state index in [1.54, 1.807) is 24.0 Å². The van der Waals surface area contributed by atoms with E-state index >= 15 is 0 Å². The summed E-state index contributed by atoms with van der Waals surface area (Å²) in [5, 5.41) is 9.59. The van der Waals surface area contributed by atoms with Gasteiger partial charge in [0.15, 0.2) is 0 Å². The zero-order valence-corrected chi connectivity index (χ0v) is 14.6. The number of hydrogen-bond acceptors (Lipinski definition) is 4. The Morgan fingerprint density at radius 1 is 1.38 bits per heavy atom. The van der Waals surface area contributed by atoms with Crippen LogP contribution in [0.25, 0.3) is 0 Å². The first-order chi connectivity index (χ1) is 11.4. The number of aliphatic hydroxyl groups is 1. The number of carbonyl (C=O) groups is 1. The molecule has 2 rings (SSSR count). The minimum atomic E-state index is -0.475. The summed E-state index contributed by atoms with van der Waals surface area (Å²) in [6.07, 6.45) is -0.704. The molecule has 1 heterocycles. The molecule has 24 heavy (non-hydrogen) atoms. The molecule has 5 nitrogen and oxygen atoms in total. The fourth-order valence-electron chi connectivity index (χ4n) is 2.83. The van der Waals surface area contributed by atoms with Gasteiger partial charge < -0.3 is 14.7 Å². The molecule has 1 amide bonds. The van der Waals surface area contributed by atoms with Gasteiger partial charge in [0.05, 0.1) is 25.8 Å². The highest BCUT2D eigenvalue weighted by Crippen LogP contribution is 2.22. The molecule has 0 spiro atoms. The summed E-state index contributed by atoms with van der Waals surface area (Å²) >= 11 is 0. The number of hydrogen-bond donors (Lipinski definition) is 1. The van der Waals surface area contributed by atoms with Crippen molar-refractivity contribution in [2.45, 2.75) is 39.0 Å². The van der Waals surface area contributed by atoms with Crippen LogP contribution in [0, 0.1) is 5.82 Å². The van der Waals surface area contributed by atoms with Crippen molar-refractivity contribution in [1.82, 2.24) is 9.80 Å². The highest BCUT2D eigenvalue weighted by molar-refractivity contribution is 5.78. The van der Waals surface area contributed by atoms with Gasteiger partial charge in [-0.25, -0.2) is 4.39 Å². The third-order valence-corrected chi connectivity index (χ3v) is 4.23. The van der Waals surface area contributed by atoms with Crippen molar-refractivity contribution in [2.24, 2.45) is 0 Å². The molecule has 1 fully saturated rings. The van der Waals surface area contributed by atoms with Gasteiger partial charge in [-0.2, -0.15) is 0 Å². The van der Waals surface area contributed by atoms with Crippen molar-refractivity contribution in [1.29, 1.82) is 0 Å². The quantitative estimate of drug-likeness (QED) is 0.860. The molecule has 1 aromatic carbocycles. The first kappa shape index (κ1) is 18.8. The van der Waals surface area contributed by atoms with Gasteiger partial charge in [0.1, 0.15) is 11.9 Å². The summed E-state index contributed by atoms with van der Waals surface area (Å²) in [7, 11) is 0. The average Bonchev–Trinajstić information content (AvgIpc) is 2.54. The van der Waals surface area contributed by atoms with E-state index in [0.717, 1.165) is 5.56 Å². The van der Waals surface area contributed by atoms with Crippen LogP contribution in [0.5, 0.6) is 0 Å². The Hall–Kier alpha value is -1.50. The second-order valence-corrected chi connectivity index (χ2v) is 6.62. The van der Waals surface area contributed by atoms with Crippen LogP contribution in [-0.2, 0) is 9.53 Å². The number of rotatable bonds is 6. The molecule has 1 aliphatic heterocycles. The average molecular weight is 338 g/mol. The second-order valence-electron chi connectivity index (χ2n) is 6.62. The number of benzene rings is 1. The topological polar surface area (TPSA) is 53.0 Å². The Morgan fingerprint density at radius 3 is 2.62 bits per heavy atom. The normalized spacial score (nSPS) is 19.8. The van der Waals surface area contributed by atoms with Crippen molar-refractivity contribution in [3.05, 3.63) is 35.6 Å². The maximum Gasteiger partial charge on any atom is 0.236 e. The number of halogens is 1. The summed E-state index contributed by atoms with van der Waals surface area (Å²) < 4.78 is 18.8. The predicted molar refractivity (Wildman–Crippen MR) is 90.1 cm³/mol. The lowest BCUT2D eigenvalue weighted by Gasteiger charge is -2.35. The summed E-state index contributed by atoms with van der Waals surface area (Å²) in [5.74, 6) is -0.257. The Kier molecular flexibility index (Phi) is 6.71. The number of ether oxygens (including phenoxy) is 1. The Morgan fingerprint density at radius 2 is 2.04 bits per heavy atom. The van der Waals surface area contributed by atoms with Gasteiger partial charge in [-0.1, -0.05) is 12.1 Å². The van der Waals surface area contributed by atoms with Crippen molar-refractivity contribution in [3.8, 4) is 0 Å². The van der Waals surface area contributed by atoms with Crippen LogP contribution < -0.4 is 0 Å². The molecule has 1 N–H and O–H groups in total. The van der Waals surface area contributed by atoms with Crippen LogP contribution in [0.2, 0.25) is 0 Å². The fourth-order valence-corrected chi connectivity index (χ4v) is 2.83. The lowest BCUT2D eigenvalue weighted by molar-refractivity contribution is -0.141. The van der Waals surface area contributed by atoms with Gasteiger partial charge in [0.2, 0.25) is 5.91 Å². The van der Waals surface area contributed by atoms with Crippen LogP contribution in [0.15, 0.2) is 24.3 Å². The van der Waals surface area contributed by atoms with E-state index in [2.05, 4.69) is 0 Å². The van der Waals surface area contributed by atoms with Crippen molar-refractivity contribution in [2.75, 3.05) is 32.8 Å². The number of amides is 1. The molecular formula is C18H27FN2O3. The highest BCUT2D eigenvalue weighted by atomic mass is 19.1. The van der Waals surface area contributed by atoms with Gasteiger partial charge in [-0.3, -0.25) is 9.69 Å². The summed E-state index contributed by atoms with van der Waals surface area (Å²) in [6.45, 7) is 7.97. The minimum absolute atomic E-state index is 0.0276. The van der Waals surface area contributed by atoms with Crippen molar-refractivity contribution >= 4 is 5.91 Å². The molecule has 0 aliphatic carbocycles. The van der Waals surface area contributed by atoms with Crippen LogP contribution in [0.3, 0.4) is 0 Å². The Balaban J connectivity index is 1.97. The maximum absolute atomic E-state index is 13.1. The van der Waals surface area contributed by atoms with E-state index in [0.29, 0.717) is 26.2 Å². The molecule has 0 saturated carbocycles. The summed E-state index contributed by atoms with van der Waals surface area (Å²) in [5.41, 5.74) is 0.874. The monoisotopic (exact) mass is 338 g/mol. The maximum atomic E-state index is 13.1. The Bertz CT molecular complexity index is 534. The van der Waals surface area contributed by atoms with Gasteiger partial charge in [0.25, 0.3) is 0 Å². The number of aliphatic hydroxyl groups excluding tert-OH is 1. The molecule has 2 atom stereocenters.